The first-order chi connectivity index (χ1) is 17.5. The maximum atomic E-state index is 13.3. The Bertz CT molecular complexity index is 1510. The maximum absolute atomic E-state index is 13.3. The Morgan fingerprint density at radius 2 is 1.86 bits per heavy atom. The molecule has 0 unspecified atom stereocenters. The highest BCUT2D eigenvalue weighted by molar-refractivity contribution is 5.80. The fourth-order valence-corrected chi connectivity index (χ4v) is 6.59. The molecule has 36 heavy (non-hydrogen) atoms. The third-order valence-electron chi connectivity index (χ3n) is 8.90. The van der Waals surface area contributed by atoms with Crippen molar-refractivity contribution in [1.29, 1.82) is 0 Å². The number of hydrogen-bond donors (Lipinski definition) is 3. The number of anilines is 1. The van der Waals surface area contributed by atoms with Gasteiger partial charge in [0.15, 0.2) is 5.65 Å². The van der Waals surface area contributed by atoms with Gasteiger partial charge in [-0.25, -0.2) is 0 Å². The van der Waals surface area contributed by atoms with Crippen molar-refractivity contribution in [1.82, 2.24) is 20.2 Å². The van der Waals surface area contributed by atoms with Gasteiger partial charge in [0.1, 0.15) is 11.1 Å². The Morgan fingerprint density at radius 1 is 1.08 bits per heavy atom. The van der Waals surface area contributed by atoms with Gasteiger partial charge in [-0.15, -0.1) is 0 Å². The van der Waals surface area contributed by atoms with E-state index in [2.05, 4.69) is 44.3 Å². The molecule has 4 N–H and O–H groups in total. The molecule has 2 fully saturated rings. The van der Waals surface area contributed by atoms with Crippen LogP contribution in [0.3, 0.4) is 0 Å². The van der Waals surface area contributed by atoms with E-state index in [1.54, 1.807) is 7.11 Å². The summed E-state index contributed by atoms with van der Waals surface area (Å²) in [5.41, 5.74) is 11.6. The van der Waals surface area contributed by atoms with Crippen LogP contribution in [0.2, 0.25) is 0 Å². The lowest BCUT2D eigenvalue weighted by molar-refractivity contribution is 0.187. The largest absolute Gasteiger partial charge is 0.497 e. The van der Waals surface area contributed by atoms with Crippen LogP contribution in [-0.2, 0) is 11.8 Å². The van der Waals surface area contributed by atoms with Gasteiger partial charge >= 0.3 is 0 Å². The zero-order valence-corrected chi connectivity index (χ0v) is 20.4. The average Bonchev–Trinajstić information content (AvgIpc) is 3.53. The molecule has 2 aromatic carbocycles. The van der Waals surface area contributed by atoms with Crippen LogP contribution in [0.4, 0.5) is 5.95 Å². The van der Waals surface area contributed by atoms with E-state index < -0.39 is 0 Å². The van der Waals surface area contributed by atoms with E-state index in [4.69, 9.17) is 15.5 Å². The lowest BCUT2D eigenvalue weighted by Crippen LogP contribution is -2.45. The summed E-state index contributed by atoms with van der Waals surface area (Å²) in [5, 5.41) is 8.25. The second kappa shape index (κ2) is 7.67. The van der Waals surface area contributed by atoms with E-state index in [-0.39, 0.29) is 22.4 Å². The lowest BCUT2D eigenvalue weighted by atomic mass is 9.73. The molecule has 7 rings (SSSR count). The number of nitrogens with zero attached hydrogens (tertiary/aromatic N) is 3. The number of piperidine rings is 1. The third kappa shape index (κ3) is 3.07. The van der Waals surface area contributed by atoms with Crippen LogP contribution < -0.4 is 20.9 Å². The van der Waals surface area contributed by atoms with Crippen molar-refractivity contribution in [2.45, 2.75) is 43.6 Å². The van der Waals surface area contributed by atoms with E-state index in [0.717, 1.165) is 56.6 Å². The van der Waals surface area contributed by atoms with Crippen LogP contribution in [-0.4, -0.2) is 40.4 Å². The number of rotatable bonds is 4. The number of aromatic amines is 2. The number of fused-ring (bicyclic) bond motifs is 2. The number of nitrogens with two attached hydrogens (primary N) is 1. The fourth-order valence-electron chi connectivity index (χ4n) is 6.59. The summed E-state index contributed by atoms with van der Waals surface area (Å²) in [6.07, 6.45) is 4.84. The van der Waals surface area contributed by atoms with Crippen LogP contribution in [0.25, 0.3) is 11.0 Å². The number of methoxy groups -OCH3 is 1. The summed E-state index contributed by atoms with van der Waals surface area (Å²) < 4.78 is 5.42. The molecule has 1 saturated heterocycles. The average molecular weight is 483 g/mol. The molecule has 1 spiro atoms. The fraction of sp³-hybridized carbons (Fsp3) is 0.393. The summed E-state index contributed by atoms with van der Waals surface area (Å²) in [6, 6.07) is 16.6. The first-order valence-corrected chi connectivity index (χ1v) is 12.7. The molecule has 3 heterocycles. The van der Waals surface area contributed by atoms with Gasteiger partial charge in [0.25, 0.3) is 5.56 Å². The van der Waals surface area contributed by atoms with Crippen molar-refractivity contribution >= 4 is 17.0 Å². The Balaban J connectivity index is 1.15. The quantitative estimate of drug-likeness (QED) is 0.410. The van der Waals surface area contributed by atoms with Crippen molar-refractivity contribution in [2.24, 2.45) is 11.1 Å². The van der Waals surface area contributed by atoms with Crippen molar-refractivity contribution in [2.75, 3.05) is 25.1 Å². The number of hydrogen-bond acceptors (Lipinski definition) is 6. The van der Waals surface area contributed by atoms with Crippen LogP contribution >= 0.6 is 0 Å². The van der Waals surface area contributed by atoms with Gasteiger partial charge in [-0.1, -0.05) is 36.4 Å². The molecular formula is C28H30N6O2. The minimum absolute atomic E-state index is 0.0119. The number of ether oxygens (including phenoxy) is 1. The summed E-state index contributed by atoms with van der Waals surface area (Å²) in [7, 11) is 1.69. The van der Waals surface area contributed by atoms with Gasteiger partial charge in [-0.3, -0.25) is 14.9 Å². The molecule has 0 radical (unpaired) electrons. The molecule has 2 aliphatic carbocycles. The molecule has 4 aromatic rings. The highest BCUT2D eigenvalue weighted by atomic mass is 16.5. The van der Waals surface area contributed by atoms with Crippen LogP contribution in [0.15, 0.2) is 53.3 Å². The molecule has 1 aliphatic heterocycles. The first-order valence-electron chi connectivity index (χ1n) is 12.7. The zero-order chi connectivity index (χ0) is 24.5. The standard InChI is InChI=1S/C28H30N6O2/c1-36-19-8-7-17-16-27(22(29)20(17)15-19)11-13-34(14-12-27)26-30-24-21(25(35)31-26)23(32-33-24)28(9-10-28)18-5-3-2-4-6-18/h2-8,15,22H,9-14,16,29H2,1H3,(H2,30,31,32,33,35)/t22-/m1/s1. The van der Waals surface area contributed by atoms with Crippen molar-refractivity contribution < 1.29 is 4.74 Å². The SMILES string of the molecule is COc1ccc2c(c1)[C@@H](N)C1(CCN(c3nc4[nH]nc(C5(c6ccccc6)CC5)c4c(=O)[nH]3)CC1)C2. The Labute approximate surface area is 208 Å². The van der Waals surface area contributed by atoms with Gasteiger partial charge in [0, 0.05) is 24.5 Å². The van der Waals surface area contributed by atoms with Gasteiger partial charge in [-0.2, -0.15) is 10.1 Å². The van der Waals surface area contributed by atoms with Crippen molar-refractivity contribution in [3.05, 3.63) is 81.3 Å². The maximum Gasteiger partial charge on any atom is 0.263 e. The summed E-state index contributed by atoms with van der Waals surface area (Å²) in [4.78, 5) is 23.4. The highest BCUT2D eigenvalue weighted by Crippen LogP contribution is 2.54. The van der Waals surface area contributed by atoms with Gasteiger partial charge in [0.2, 0.25) is 5.95 Å². The van der Waals surface area contributed by atoms with Gasteiger partial charge < -0.3 is 15.4 Å². The molecule has 8 heteroatoms. The van der Waals surface area contributed by atoms with Gasteiger partial charge in [0.05, 0.1) is 12.8 Å². The van der Waals surface area contributed by atoms with E-state index in [1.165, 1.54) is 16.7 Å². The topological polar surface area (TPSA) is 113 Å². The Morgan fingerprint density at radius 3 is 2.58 bits per heavy atom. The number of benzene rings is 2. The molecule has 0 amide bonds. The monoisotopic (exact) mass is 482 g/mol. The molecule has 3 aliphatic rings. The smallest absolute Gasteiger partial charge is 0.263 e. The first kappa shape index (κ1) is 21.6. The molecule has 2 aromatic heterocycles. The van der Waals surface area contributed by atoms with E-state index in [0.29, 0.717) is 17.0 Å². The van der Waals surface area contributed by atoms with E-state index in [1.807, 2.05) is 24.3 Å². The van der Waals surface area contributed by atoms with Crippen LogP contribution in [0.5, 0.6) is 5.75 Å². The Hall–Kier alpha value is -3.65. The Kier molecular flexibility index (Phi) is 4.61. The molecule has 0 bridgehead atoms. The number of aromatic nitrogens is 4. The minimum Gasteiger partial charge on any atom is -0.497 e. The lowest BCUT2D eigenvalue weighted by Gasteiger charge is -2.42. The zero-order valence-electron chi connectivity index (χ0n) is 20.4. The van der Waals surface area contributed by atoms with Crippen molar-refractivity contribution in [3.63, 3.8) is 0 Å². The summed E-state index contributed by atoms with van der Waals surface area (Å²) >= 11 is 0. The van der Waals surface area contributed by atoms with Crippen molar-refractivity contribution in [3.8, 4) is 5.75 Å². The second-order valence-corrected chi connectivity index (χ2v) is 10.7. The van der Waals surface area contributed by atoms with E-state index in [9.17, 15) is 4.79 Å². The summed E-state index contributed by atoms with van der Waals surface area (Å²) in [6.45, 7) is 1.59. The number of H-pyrrole nitrogens is 2. The van der Waals surface area contributed by atoms with Crippen LogP contribution in [0, 0.1) is 5.41 Å². The predicted molar refractivity (Wildman–Crippen MR) is 138 cm³/mol. The highest BCUT2D eigenvalue weighted by Gasteiger charge is 2.50. The second-order valence-electron chi connectivity index (χ2n) is 10.7. The van der Waals surface area contributed by atoms with Crippen LogP contribution in [0.1, 0.15) is 54.1 Å². The van der Waals surface area contributed by atoms with Gasteiger partial charge in [-0.05, 0) is 66.3 Å². The molecule has 1 atom stereocenters. The summed E-state index contributed by atoms with van der Waals surface area (Å²) in [5.74, 6) is 1.46. The molecule has 1 saturated carbocycles. The normalized spacial score (nSPS) is 21.6. The molecular weight excluding hydrogens is 452 g/mol. The molecule has 184 valence electrons. The minimum atomic E-state index is -0.191. The molecule has 8 nitrogen and oxygen atoms in total. The number of nitrogens with one attached hydrogen (secondary N) is 2. The third-order valence-corrected chi connectivity index (χ3v) is 8.90. The predicted octanol–water partition coefficient (Wildman–Crippen LogP) is 3.58. The van der Waals surface area contributed by atoms with E-state index >= 15 is 0 Å².